The number of ether oxygens (including phenoxy) is 3. The van der Waals surface area contributed by atoms with Crippen molar-refractivity contribution in [3.63, 3.8) is 0 Å². The molecule has 2 aliphatic rings. The maximum atomic E-state index is 13.2. The standard InChI is InChI=1S/C27H33FO5/c1-6-26(2,3)16-7-12-22-19(13-16)24-21(27(4,5)33-22)14-20(25(29)30)23(32-24)15-31-18-10-8-17(28)9-11-18/h7-13,20-21,23-24H,6,14-15H2,1-5H3,(H,29,30)/t20-,21-,23-,24+/m0/s1. The average Bonchev–Trinajstić information content (AvgIpc) is 2.77. The summed E-state index contributed by atoms with van der Waals surface area (Å²) in [5.74, 6) is -0.854. The second-order valence-electron chi connectivity index (χ2n) is 10.3. The fourth-order valence-corrected chi connectivity index (χ4v) is 4.84. The van der Waals surface area contributed by atoms with E-state index >= 15 is 0 Å². The van der Waals surface area contributed by atoms with E-state index in [1.54, 1.807) is 0 Å². The number of halogens is 1. The molecule has 1 N–H and O–H groups in total. The summed E-state index contributed by atoms with van der Waals surface area (Å²) < 4.78 is 31.9. The summed E-state index contributed by atoms with van der Waals surface area (Å²) in [5, 5.41) is 9.95. The van der Waals surface area contributed by atoms with Gasteiger partial charge in [0.15, 0.2) is 0 Å². The number of rotatable bonds is 6. The molecule has 0 saturated carbocycles. The molecule has 2 heterocycles. The van der Waals surface area contributed by atoms with Crippen molar-refractivity contribution in [2.24, 2.45) is 11.8 Å². The lowest BCUT2D eigenvalue weighted by Crippen LogP contribution is -2.53. The average molecular weight is 457 g/mol. The fraction of sp³-hybridized carbons (Fsp3) is 0.519. The van der Waals surface area contributed by atoms with Crippen LogP contribution in [0, 0.1) is 17.7 Å². The molecule has 2 aromatic carbocycles. The van der Waals surface area contributed by atoms with Crippen molar-refractivity contribution in [1.29, 1.82) is 0 Å². The first kappa shape index (κ1) is 23.6. The van der Waals surface area contributed by atoms with Gasteiger partial charge in [-0.3, -0.25) is 4.79 Å². The minimum Gasteiger partial charge on any atom is -0.491 e. The maximum absolute atomic E-state index is 13.2. The molecular formula is C27H33FO5. The molecule has 0 unspecified atom stereocenters. The van der Waals surface area contributed by atoms with E-state index in [-0.39, 0.29) is 29.9 Å². The lowest BCUT2D eigenvalue weighted by molar-refractivity contribution is -0.192. The Hall–Kier alpha value is -2.60. The van der Waals surface area contributed by atoms with Crippen molar-refractivity contribution >= 4 is 5.97 Å². The van der Waals surface area contributed by atoms with E-state index in [1.807, 2.05) is 19.9 Å². The molecule has 1 saturated heterocycles. The van der Waals surface area contributed by atoms with Gasteiger partial charge in [0.05, 0.1) is 12.0 Å². The third-order valence-electron chi connectivity index (χ3n) is 7.44. The molecule has 0 spiro atoms. The van der Waals surface area contributed by atoms with Crippen LogP contribution in [-0.2, 0) is 14.9 Å². The second kappa shape index (κ2) is 8.64. The van der Waals surface area contributed by atoms with Crippen LogP contribution in [0.5, 0.6) is 11.5 Å². The Bertz CT molecular complexity index is 1010. The number of hydrogen-bond donors (Lipinski definition) is 1. The summed E-state index contributed by atoms with van der Waals surface area (Å²) in [5.41, 5.74) is 1.60. The van der Waals surface area contributed by atoms with Crippen LogP contribution in [-0.4, -0.2) is 29.4 Å². The van der Waals surface area contributed by atoms with Gasteiger partial charge in [-0.25, -0.2) is 4.39 Å². The summed E-state index contributed by atoms with van der Waals surface area (Å²) >= 11 is 0. The predicted octanol–water partition coefficient (Wildman–Crippen LogP) is 5.91. The number of carboxylic acids is 1. The third kappa shape index (κ3) is 4.58. The van der Waals surface area contributed by atoms with Gasteiger partial charge in [0.2, 0.25) is 0 Å². The van der Waals surface area contributed by atoms with Crippen LogP contribution in [0.3, 0.4) is 0 Å². The number of carboxylic acid groups (broad SMARTS) is 1. The number of fused-ring (bicyclic) bond motifs is 3. The van der Waals surface area contributed by atoms with Gasteiger partial charge < -0.3 is 19.3 Å². The van der Waals surface area contributed by atoms with Gasteiger partial charge in [0, 0.05) is 11.5 Å². The van der Waals surface area contributed by atoms with Crippen LogP contribution in [0.25, 0.3) is 0 Å². The minimum absolute atomic E-state index is 0.000847. The van der Waals surface area contributed by atoms with Crippen LogP contribution in [0.15, 0.2) is 42.5 Å². The quantitative estimate of drug-likeness (QED) is 0.585. The molecule has 4 atom stereocenters. The summed E-state index contributed by atoms with van der Waals surface area (Å²) in [4.78, 5) is 12.2. The highest BCUT2D eigenvalue weighted by molar-refractivity contribution is 5.71. The zero-order valence-corrected chi connectivity index (χ0v) is 19.9. The highest BCUT2D eigenvalue weighted by Gasteiger charge is 2.52. The van der Waals surface area contributed by atoms with E-state index in [0.29, 0.717) is 12.2 Å². The lowest BCUT2D eigenvalue weighted by Gasteiger charge is -2.50. The SMILES string of the molecule is CCC(C)(C)c1ccc2c(c1)[C@H]1O[C@@H](COc3ccc(F)cc3)[C@@H](C(=O)O)C[C@@H]1C(C)(C)O2. The Morgan fingerprint density at radius 3 is 2.55 bits per heavy atom. The van der Waals surface area contributed by atoms with E-state index in [9.17, 15) is 14.3 Å². The third-order valence-corrected chi connectivity index (χ3v) is 7.44. The van der Waals surface area contributed by atoms with Crippen molar-refractivity contribution in [3.05, 3.63) is 59.4 Å². The highest BCUT2D eigenvalue weighted by Crippen LogP contribution is 2.52. The van der Waals surface area contributed by atoms with Crippen LogP contribution in [0.2, 0.25) is 0 Å². The predicted molar refractivity (Wildman–Crippen MR) is 123 cm³/mol. The molecule has 6 heteroatoms. The first-order valence-corrected chi connectivity index (χ1v) is 11.6. The molecule has 178 valence electrons. The molecule has 2 aliphatic heterocycles. The smallest absolute Gasteiger partial charge is 0.309 e. The summed E-state index contributed by atoms with van der Waals surface area (Å²) in [6.07, 6.45) is 0.473. The largest absolute Gasteiger partial charge is 0.491 e. The van der Waals surface area contributed by atoms with E-state index in [4.69, 9.17) is 14.2 Å². The molecule has 0 bridgehead atoms. The zero-order valence-electron chi connectivity index (χ0n) is 19.9. The monoisotopic (exact) mass is 456 g/mol. The molecule has 0 amide bonds. The first-order chi connectivity index (χ1) is 15.5. The molecule has 33 heavy (non-hydrogen) atoms. The van der Waals surface area contributed by atoms with Gasteiger partial charge in [0.25, 0.3) is 0 Å². The van der Waals surface area contributed by atoms with Crippen LogP contribution in [0.4, 0.5) is 4.39 Å². The summed E-state index contributed by atoms with van der Waals surface area (Å²) in [6.45, 7) is 10.6. The maximum Gasteiger partial charge on any atom is 0.309 e. The van der Waals surface area contributed by atoms with E-state index in [0.717, 1.165) is 17.7 Å². The van der Waals surface area contributed by atoms with Gasteiger partial charge in [0.1, 0.15) is 35.6 Å². The van der Waals surface area contributed by atoms with Crippen molar-refractivity contribution in [2.45, 2.75) is 70.7 Å². The molecule has 5 nitrogen and oxygen atoms in total. The highest BCUT2D eigenvalue weighted by atomic mass is 19.1. The Kier molecular flexibility index (Phi) is 6.16. The number of hydrogen-bond acceptors (Lipinski definition) is 4. The van der Waals surface area contributed by atoms with E-state index in [1.165, 1.54) is 29.8 Å². The molecule has 0 aliphatic carbocycles. The Morgan fingerprint density at radius 2 is 1.91 bits per heavy atom. The molecule has 0 aromatic heterocycles. The van der Waals surface area contributed by atoms with Crippen molar-refractivity contribution in [1.82, 2.24) is 0 Å². The molecule has 0 radical (unpaired) electrons. The molecule has 4 rings (SSSR count). The number of benzene rings is 2. The number of aliphatic carboxylic acids is 1. The van der Waals surface area contributed by atoms with Gasteiger partial charge in [-0.2, -0.15) is 0 Å². The molecule has 2 aromatic rings. The molecule has 1 fully saturated rings. The Morgan fingerprint density at radius 1 is 1.21 bits per heavy atom. The number of carbonyl (C=O) groups is 1. The fourth-order valence-electron chi connectivity index (χ4n) is 4.84. The summed E-state index contributed by atoms with van der Waals surface area (Å²) in [6, 6.07) is 12.0. The van der Waals surface area contributed by atoms with Crippen LogP contribution in [0.1, 0.15) is 64.7 Å². The Balaban J connectivity index is 1.66. The first-order valence-electron chi connectivity index (χ1n) is 11.6. The zero-order chi connectivity index (χ0) is 24.0. The lowest BCUT2D eigenvalue weighted by atomic mass is 9.71. The van der Waals surface area contributed by atoms with Crippen molar-refractivity contribution in [3.8, 4) is 11.5 Å². The van der Waals surface area contributed by atoms with Gasteiger partial charge in [-0.15, -0.1) is 0 Å². The van der Waals surface area contributed by atoms with Crippen LogP contribution >= 0.6 is 0 Å². The van der Waals surface area contributed by atoms with Crippen LogP contribution < -0.4 is 9.47 Å². The molecular weight excluding hydrogens is 423 g/mol. The summed E-state index contributed by atoms with van der Waals surface area (Å²) in [7, 11) is 0. The topological polar surface area (TPSA) is 65.0 Å². The van der Waals surface area contributed by atoms with Gasteiger partial charge >= 0.3 is 5.97 Å². The van der Waals surface area contributed by atoms with Crippen molar-refractivity contribution in [2.75, 3.05) is 6.61 Å². The van der Waals surface area contributed by atoms with Gasteiger partial charge in [-0.05, 0) is 74.1 Å². The second-order valence-corrected chi connectivity index (χ2v) is 10.3. The Labute approximate surface area is 194 Å². The normalized spacial score (nSPS) is 26.0. The van der Waals surface area contributed by atoms with Crippen molar-refractivity contribution < 1.29 is 28.5 Å². The minimum atomic E-state index is -0.913. The van der Waals surface area contributed by atoms with E-state index in [2.05, 4.69) is 32.9 Å². The van der Waals surface area contributed by atoms with Gasteiger partial charge in [-0.1, -0.05) is 26.8 Å². The van der Waals surface area contributed by atoms with E-state index < -0.39 is 23.6 Å².